The average Bonchev–Trinajstić information content (AvgIpc) is 2.23. The Kier molecular flexibility index (Phi) is 5.31. The van der Waals surface area contributed by atoms with Gasteiger partial charge in [0.2, 0.25) is 0 Å². The minimum atomic E-state index is 0.682. The van der Waals surface area contributed by atoms with Gasteiger partial charge in [0.1, 0.15) is 0 Å². The van der Waals surface area contributed by atoms with Gasteiger partial charge in [-0.15, -0.1) is 0 Å². The molecule has 0 radical (unpaired) electrons. The van der Waals surface area contributed by atoms with Crippen LogP contribution in [0.25, 0.3) is 0 Å². The van der Waals surface area contributed by atoms with E-state index in [1.165, 1.54) is 29.5 Å². The molecule has 1 aromatic carbocycles. The van der Waals surface area contributed by atoms with Crippen LogP contribution in [0.1, 0.15) is 55.7 Å². The Morgan fingerprint density at radius 3 is 2.12 bits per heavy atom. The van der Waals surface area contributed by atoms with Crippen molar-refractivity contribution < 1.29 is 0 Å². The van der Waals surface area contributed by atoms with E-state index < -0.39 is 0 Å². The van der Waals surface area contributed by atoms with Crippen LogP contribution in [0, 0.1) is 13.8 Å². The maximum Gasteiger partial charge on any atom is -0.0130 e. The van der Waals surface area contributed by atoms with Crippen molar-refractivity contribution in [1.29, 1.82) is 0 Å². The monoisotopic (exact) mass is 216 g/mol. The minimum Gasteiger partial charge on any atom is -0.0888 e. The van der Waals surface area contributed by atoms with Crippen LogP contribution in [-0.2, 0) is 0 Å². The number of aryl methyl sites for hydroxylation is 2. The lowest BCUT2D eigenvalue weighted by Crippen LogP contribution is -1.97. The smallest absolute Gasteiger partial charge is 0.0130 e. The molecule has 0 heterocycles. The summed E-state index contributed by atoms with van der Waals surface area (Å²) in [4.78, 5) is 0. The van der Waals surface area contributed by atoms with Crippen LogP contribution in [-0.4, -0.2) is 0 Å². The highest BCUT2D eigenvalue weighted by atomic mass is 14.1. The lowest BCUT2D eigenvalue weighted by atomic mass is 9.91. The first-order valence-corrected chi connectivity index (χ1v) is 6.40. The zero-order valence-corrected chi connectivity index (χ0v) is 11.1. The fraction of sp³-hybridized carbons (Fsp3) is 0.500. The van der Waals surface area contributed by atoms with Crippen LogP contribution < -0.4 is 0 Å². The third-order valence-electron chi connectivity index (χ3n) is 3.03. The lowest BCUT2D eigenvalue weighted by Gasteiger charge is -2.15. The van der Waals surface area contributed by atoms with E-state index in [0.29, 0.717) is 5.92 Å². The molecule has 16 heavy (non-hydrogen) atoms. The van der Waals surface area contributed by atoms with Crippen LogP contribution >= 0.6 is 0 Å². The predicted molar refractivity (Wildman–Crippen MR) is 73.0 cm³/mol. The molecule has 0 amide bonds. The van der Waals surface area contributed by atoms with Crippen LogP contribution in [0.5, 0.6) is 0 Å². The second-order valence-electron chi connectivity index (χ2n) is 4.64. The van der Waals surface area contributed by atoms with Crippen molar-refractivity contribution in [2.24, 2.45) is 0 Å². The van der Waals surface area contributed by atoms with Crippen molar-refractivity contribution in [3.05, 3.63) is 47.0 Å². The van der Waals surface area contributed by atoms with Crippen molar-refractivity contribution in [3.63, 3.8) is 0 Å². The zero-order chi connectivity index (χ0) is 12.0. The first kappa shape index (κ1) is 13.0. The molecule has 0 heteroatoms. The normalized spacial score (nSPS) is 13.2. The summed E-state index contributed by atoms with van der Waals surface area (Å²) in [6, 6.07) is 6.92. The molecule has 0 fully saturated rings. The molecule has 0 spiro atoms. The van der Waals surface area contributed by atoms with Gasteiger partial charge in [-0.25, -0.2) is 0 Å². The standard InChI is InChI=1S/C16H24/c1-5-7-8-9-15(6-2)16-11-13(3)10-14(4)12-16/h7-8,10-12,15H,5-6,9H2,1-4H3/b8-7-. The Labute approximate surface area is 100 Å². The topological polar surface area (TPSA) is 0 Å². The first-order valence-electron chi connectivity index (χ1n) is 6.40. The molecule has 1 unspecified atom stereocenters. The molecule has 0 saturated heterocycles. The summed E-state index contributed by atoms with van der Waals surface area (Å²) in [7, 11) is 0. The highest BCUT2D eigenvalue weighted by molar-refractivity contribution is 5.31. The van der Waals surface area contributed by atoms with Gasteiger partial charge in [0.25, 0.3) is 0 Å². The van der Waals surface area contributed by atoms with E-state index in [0.717, 1.165) is 6.42 Å². The Balaban J connectivity index is 2.81. The minimum absolute atomic E-state index is 0.682. The second kappa shape index (κ2) is 6.52. The Morgan fingerprint density at radius 2 is 1.62 bits per heavy atom. The molecule has 1 atom stereocenters. The van der Waals surface area contributed by atoms with E-state index in [1.54, 1.807) is 0 Å². The number of rotatable bonds is 5. The third kappa shape index (κ3) is 3.84. The number of allylic oxidation sites excluding steroid dienone is 2. The summed E-state index contributed by atoms with van der Waals surface area (Å²) in [6.45, 7) is 8.84. The van der Waals surface area contributed by atoms with E-state index in [2.05, 4.69) is 58.0 Å². The van der Waals surface area contributed by atoms with E-state index >= 15 is 0 Å². The van der Waals surface area contributed by atoms with E-state index in [9.17, 15) is 0 Å². The van der Waals surface area contributed by atoms with Crippen molar-refractivity contribution in [3.8, 4) is 0 Å². The first-order chi connectivity index (χ1) is 7.67. The number of benzene rings is 1. The van der Waals surface area contributed by atoms with Gasteiger partial charge in [0.05, 0.1) is 0 Å². The highest BCUT2D eigenvalue weighted by Gasteiger charge is 2.08. The van der Waals surface area contributed by atoms with Gasteiger partial charge >= 0.3 is 0 Å². The fourth-order valence-electron chi connectivity index (χ4n) is 2.21. The molecule has 0 N–H and O–H groups in total. The van der Waals surface area contributed by atoms with E-state index in [-0.39, 0.29) is 0 Å². The van der Waals surface area contributed by atoms with Crippen LogP contribution in [0.4, 0.5) is 0 Å². The van der Waals surface area contributed by atoms with Gasteiger partial charge in [0, 0.05) is 0 Å². The van der Waals surface area contributed by atoms with Gasteiger partial charge in [-0.2, -0.15) is 0 Å². The maximum atomic E-state index is 2.33. The highest BCUT2D eigenvalue weighted by Crippen LogP contribution is 2.25. The number of hydrogen-bond donors (Lipinski definition) is 0. The van der Waals surface area contributed by atoms with Crippen LogP contribution in [0.15, 0.2) is 30.4 Å². The summed E-state index contributed by atoms with van der Waals surface area (Å²) >= 11 is 0. The summed E-state index contributed by atoms with van der Waals surface area (Å²) in [5, 5.41) is 0. The maximum absolute atomic E-state index is 2.33. The van der Waals surface area contributed by atoms with Gasteiger partial charge in [-0.1, -0.05) is 55.3 Å². The molecule has 0 saturated carbocycles. The summed E-state index contributed by atoms with van der Waals surface area (Å²) in [6.07, 6.45) is 8.13. The SMILES string of the molecule is CC/C=C\CC(CC)c1cc(C)cc(C)c1. The summed E-state index contributed by atoms with van der Waals surface area (Å²) < 4.78 is 0. The van der Waals surface area contributed by atoms with Crippen molar-refractivity contribution in [1.82, 2.24) is 0 Å². The molecular weight excluding hydrogens is 192 g/mol. The summed E-state index contributed by atoms with van der Waals surface area (Å²) in [5.74, 6) is 0.682. The van der Waals surface area contributed by atoms with Crippen molar-refractivity contribution >= 4 is 0 Å². The summed E-state index contributed by atoms with van der Waals surface area (Å²) in [5.41, 5.74) is 4.27. The van der Waals surface area contributed by atoms with Crippen LogP contribution in [0.3, 0.4) is 0 Å². The molecule has 0 aliphatic heterocycles. The van der Waals surface area contributed by atoms with Gasteiger partial charge in [-0.3, -0.25) is 0 Å². The van der Waals surface area contributed by atoms with Gasteiger partial charge in [-0.05, 0) is 44.6 Å². The quantitative estimate of drug-likeness (QED) is 0.597. The van der Waals surface area contributed by atoms with E-state index in [1.807, 2.05) is 0 Å². The predicted octanol–water partition coefficient (Wildman–Crippen LogP) is 5.15. The van der Waals surface area contributed by atoms with Gasteiger partial charge in [0.15, 0.2) is 0 Å². The van der Waals surface area contributed by atoms with Crippen molar-refractivity contribution in [2.75, 3.05) is 0 Å². The molecule has 1 aromatic rings. The molecule has 0 aromatic heterocycles. The Hall–Kier alpha value is -1.04. The molecular formula is C16H24. The molecule has 0 aliphatic rings. The van der Waals surface area contributed by atoms with Gasteiger partial charge < -0.3 is 0 Å². The lowest BCUT2D eigenvalue weighted by molar-refractivity contribution is 0.672. The average molecular weight is 216 g/mol. The molecule has 0 nitrogen and oxygen atoms in total. The Morgan fingerprint density at radius 1 is 1.00 bits per heavy atom. The number of hydrogen-bond acceptors (Lipinski definition) is 0. The largest absolute Gasteiger partial charge is 0.0888 e. The zero-order valence-electron chi connectivity index (χ0n) is 11.1. The second-order valence-corrected chi connectivity index (χ2v) is 4.64. The Bertz CT molecular complexity index is 327. The molecule has 88 valence electrons. The molecule has 0 bridgehead atoms. The van der Waals surface area contributed by atoms with Crippen molar-refractivity contribution in [2.45, 2.75) is 52.9 Å². The van der Waals surface area contributed by atoms with Crippen LogP contribution in [0.2, 0.25) is 0 Å². The van der Waals surface area contributed by atoms with E-state index in [4.69, 9.17) is 0 Å². The molecule has 0 aliphatic carbocycles. The molecule has 1 rings (SSSR count). The fourth-order valence-corrected chi connectivity index (χ4v) is 2.21. The third-order valence-corrected chi connectivity index (χ3v) is 3.03.